The van der Waals surface area contributed by atoms with Gasteiger partial charge >= 0.3 is 5.97 Å². The highest BCUT2D eigenvalue weighted by molar-refractivity contribution is 6.31. The summed E-state index contributed by atoms with van der Waals surface area (Å²) in [4.78, 5) is 40.3. The highest BCUT2D eigenvalue weighted by atomic mass is 35.5. The van der Waals surface area contributed by atoms with E-state index in [0.717, 1.165) is 5.56 Å². The van der Waals surface area contributed by atoms with Crippen LogP contribution in [0.3, 0.4) is 0 Å². The molecule has 2 aromatic carbocycles. The number of amides is 1. The van der Waals surface area contributed by atoms with Gasteiger partial charge in [0.2, 0.25) is 0 Å². The summed E-state index contributed by atoms with van der Waals surface area (Å²) in [6.07, 6.45) is 1.34. The highest BCUT2D eigenvalue weighted by Crippen LogP contribution is 2.19. The molecule has 0 aliphatic heterocycles. The maximum Gasteiger partial charge on any atom is 0.308 e. The van der Waals surface area contributed by atoms with Gasteiger partial charge in [-0.05, 0) is 36.8 Å². The second-order valence-corrected chi connectivity index (χ2v) is 6.59. The molecule has 0 atom stereocenters. The van der Waals surface area contributed by atoms with Crippen LogP contribution >= 0.6 is 11.6 Å². The lowest BCUT2D eigenvalue weighted by atomic mass is 10.2. The second-order valence-electron chi connectivity index (χ2n) is 6.18. The summed E-state index contributed by atoms with van der Waals surface area (Å²) in [5.74, 6) is -1.06. The van der Waals surface area contributed by atoms with Crippen molar-refractivity contribution < 1.29 is 14.3 Å². The molecular formula is C20H18ClN3O4. The van der Waals surface area contributed by atoms with E-state index in [1.54, 1.807) is 42.5 Å². The number of rotatable bonds is 6. The Labute approximate surface area is 165 Å². The standard InChI is InChI=1S/C20H18ClN3O4/c1-13-6-7-14(10-16(13)21)23-18(25)11-28-19(26)8-9-24-12-22-17-5-3-2-4-15(17)20(24)27/h2-7,10,12H,8-9,11H2,1H3,(H,23,25). The summed E-state index contributed by atoms with van der Waals surface area (Å²) in [5, 5.41) is 3.62. The van der Waals surface area contributed by atoms with Crippen LogP contribution in [0, 0.1) is 6.92 Å². The van der Waals surface area contributed by atoms with Gasteiger partial charge in [-0.25, -0.2) is 4.98 Å². The molecule has 1 heterocycles. The maximum absolute atomic E-state index is 12.4. The molecule has 0 saturated carbocycles. The monoisotopic (exact) mass is 399 g/mol. The van der Waals surface area contributed by atoms with E-state index in [-0.39, 0.29) is 18.5 Å². The Morgan fingerprint density at radius 3 is 2.79 bits per heavy atom. The number of benzene rings is 2. The number of hydrogen-bond acceptors (Lipinski definition) is 5. The molecule has 1 aromatic heterocycles. The first-order valence-corrected chi connectivity index (χ1v) is 8.97. The SMILES string of the molecule is Cc1ccc(NC(=O)COC(=O)CCn2cnc3ccccc3c2=O)cc1Cl. The Morgan fingerprint density at radius 1 is 1.21 bits per heavy atom. The van der Waals surface area contributed by atoms with Gasteiger partial charge in [0.05, 0.1) is 23.7 Å². The fourth-order valence-electron chi connectivity index (χ4n) is 2.56. The number of aromatic nitrogens is 2. The van der Waals surface area contributed by atoms with Crippen LogP contribution < -0.4 is 10.9 Å². The molecule has 0 saturated heterocycles. The second kappa shape index (κ2) is 8.67. The van der Waals surface area contributed by atoms with E-state index in [1.165, 1.54) is 10.9 Å². The molecule has 8 heteroatoms. The van der Waals surface area contributed by atoms with Gasteiger partial charge in [0, 0.05) is 17.3 Å². The van der Waals surface area contributed by atoms with Crippen molar-refractivity contribution in [3.8, 4) is 0 Å². The Bertz CT molecular complexity index is 1090. The molecular weight excluding hydrogens is 382 g/mol. The van der Waals surface area contributed by atoms with Crippen molar-refractivity contribution in [3.63, 3.8) is 0 Å². The minimum atomic E-state index is -0.586. The Hall–Kier alpha value is -3.19. The van der Waals surface area contributed by atoms with E-state index in [2.05, 4.69) is 10.3 Å². The molecule has 1 N–H and O–H groups in total. The van der Waals surface area contributed by atoms with Gasteiger partial charge in [0.1, 0.15) is 0 Å². The number of esters is 1. The summed E-state index contributed by atoms with van der Waals surface area (Å²) in [6, 6.07) is 12.1. The Balaban J connectivity index is 1.50. The molecule has 28 heavy (non-hydrogen) atoms. The van der Waals surface area contributed by atoms with Crippen molar-refractivity contribution >= 4 is 40.1 Å². The number of para-hydroxylation sites is 1. The third-order valence-corrected chi connectivity index (χ3v) is 4.52. The summed E-state index contributed by atoms with van der Waals surface area (Å²) in [5.41, 5.74) is 1.78. The summed E-state index contributed by atoms with van der Waals surface area (Å²) in [7, 11) is 0. The van der Waals surface area contributed by atoms with Crippen LogP contribution in [0.5, 0.6) is 0 Å². The number of hydrogen-bond donors (Lipinski definition) is 1. The van der Waals surface area contributed by atoms with E-state index in [1.807, 2.05) is 6.92 Å². The summed E-state index contributed by atoms with van der Waals surface area (Å²) in [6.45, 7) is 1.55. The third kappa shape index (κ3) is 4.75. The van der Waals surface area contributed by atoms with Gasteiger partial charge in [-0.3, -0.25) is 19.0 Å². The molecule has 0 bridgehead atoms. The van der Waals surface area contributed by atoms with Crippen LogP contribution in [-0.2, 0) is 20.9 Å². The molecule has 0 spiro atoms. The quantitative estimate of drug-likeness (QED) is 0.643. The van der Waals surface area contributed by atoms with Crippen LogP contribution in [0.4, 0.5) is 5.69 Å². The number of anilines is 1. The highest BCUT2D eigenvalue weighted by Gasteiger charge is 2.10. The molecule has 1 amide bonds. The number of aryl methyl sites for hydroxylation is 2. The van der Waals surface area contributed by atoms with Crippen LogP contribution in [0.2, 0.25) is 5.02 Å². The van der Waals surface area contributed by atoms with Crippen LogP contribution in [0.15, 0.2) is 53.6 Å². The minimum absolute atomic E-state index is 0.0520. The van der Waals surface area contributed by atoms with E-state index < -0.39 is 18.5 Å². The zero-order valence-electron chi connectivity index (χ0n) is 15.1. The molecule has 0 aliphatic carbocycles. The average molecular weight is 400 g/mol. The summed E-state index contributed by atoms with van der Waals surface area (Å²) >= 11 is 6.00. The van der Waals surface area contributed by atoms with Gasteiger partial charge in [-0.1, -0.05) is 29.8 Å². The molecule has 7 nitrogen and oxygen atoms in total. The van der Waals surface area contributed by atoms with Crippen molar-refractivity contribution in [2.75, 3.05) is 11.9 Å². The maximum atomic E-state index is 12.4. The van der Waals surface area contributed by atoms with E-state index >= 15 is 0 Å². The smallest absolute Gasteiger partial charge is 0.308 e. The first-order chi connectivity index (χ1) is 13.4. The number of ether oxygens (including phenoxy) is 1. The zero-order valence-corrected chi connectivity index (χ0v) is 15.9. The van der Waals surface area contributed by atoms with E-state index in [0.29, 0.717) is 21.6 Å². The van der Waals surface area contributed by atoms with Crippen molar-refractivity contribution in [1.29, 1.82) is 0 Å². The Kier molecular flexibility index (Phi) is 6.06. The average Bonchev–Trinajstić information content (AvgIpc) is 2.69. The number of nitrogens with zero attached hydrogens (tertiary/aromatic N) is 2. The first-order valence-electron chi connectivity index (χ1n) is 8.60. The summed E-state index contributed by atoms with van der Waals surface area (Å²) < 4.78 is 6.30. The predicted molar refractivity (Wildman–Crippen MR) is 106 cm³/mol. The fourth-order valence-corrected chi connectivity index (χ4v) is 2.74. The number of halogens is 1. The molecule has 0 fully saturated rings. The van der Waals surface area contributed by atoms with Crippen molar-refractivity contribution in [2.45, 2.75) is 19.9 Å². The minimum Gasteiger partial charge on any atom is -0.456 e. The normalized spacial score (nSPS) is 10.6. The topological polar surface area (TPSA) is 90.3 Å². The van der Waals surface area contributed by atoms with Gasteiger partial charge in [-0.2, -0.15) is 0 Å². The predicted octanol–water partition coefficient (Wildman–Crippen LogP) is 2.93. The zero-order chi connectivity index (χ0) is 20.1. The number of carbonyl (C=O) groups is 2. The number of nitrogens with one attached hydrogen (secondary N) is 1. The van der Waals surface area contributed by atoms with Gasteiger partial charge in [0.25, 0.3) is 11.5 Å². The lowest BCUT2D eigenvalue weighted by Crippen LogP contribution is -2.24. The first kappa shape index (κ1) is 19.6. The van der Waals surface area contributed by atoms with E-state index in [9.17, 15) is 14.4 Å². The number of fused-ring (bicyclic) bond motifs is 1. The van der Waals surface area contributed by atoms with Crippen molar-refractivity contribution in [3.05, 3.63) is 69.7 Å². The Morgan fingerprint density at radius 2 is 2.00 bits per heavy atom. The van der Waals surface area contributed by atoms with Crippen LogP contribution in [0.25, 0.3) is 10.9 Å². The lowest BCUT2D eigenvalue weighted by Gasteiger charge is -2.09. The largest absolute Gasteiger partial charge is 0.456 e. The number of carbonyl (C=O) groups excluding carboxylic acids is 2. The fraction of sp³-hybridized carbons (Fsp3) is 0.200. The molecule has 0 aliphatic rings. The molecule has 3 rings (SSSR count). The van der Waals surface area contributed by atoms with Crippen LogP contribution in [-0.4, -0.2) is 28.0 Å². The van der Waals surface area contributed by atoms with E-state index in [4.69, 9.17) is 16.3 Å². The van der Waals surface area contributed by atoms with Crippen molar-refractivity contribution in [1.82, 2.24) is 9.55 Å². The van der Waals surface area contributed by atoms with Gasteiger partial charge in [-0.15, -0.1) is 0 Å². The molecule has 144 valence electrons. The molecule has 0 unspecified atom stereocenters. The molecule has 3 aromatic rings. The molecule has 0 radical (unpaired) electrons. The lowest BCUT2D eigenvalue weighted by molar-refractivity contribution is -0.147. The van der Waals surface area contributed by atoms with Crippen molar-refractivity contribution in [2.24, 2.45) is 0 Å². The van der Waals surface area contributed by atoms with Crippen LogP contribution in [0.1, 0.15) is 12.0 Å². The van der Waals surface area contributed by atoms with Gasteiger partial charge in [0.15, 0.2) is 6.61 Å². The van der Waals surface area contributed by atoms with Gasteiger partial charge < -0.3 is 10.1 Å². The third-order valence-electron chi connectivity index (χ3n) is 4.11.